The van der Waals surface area contributed by atoms with Crippen molar-refractivity contribution in [2.75, 3.05) is 10.6 Å². The molecule has 1 atom stereocenters. The minimum absolute atomic E-state index is 0.175. The van der Waals surface area contributed by atoms with Crippen molar-refractivity contribution in [3.8, 4) is 0 Å². The number of carbonyl (C=O) groups is 1. The van der Waals surface area contributed by atoms with Crippen LogP contribution < -0.4 is 10.6 Å². The van der Waals surface area contributed by atoms with E-state index in [1.54, 1.807) is 26.0 Å². The van der Waals surface area contributed by atoms with E-state index < -0.39 is 6.04 Å². The van der Waals surface area contributed by atoms with E-state index >= 15 is 0 Å². The van der Waals surface area contributed by atoms with Crippen LogP contribution in [0.15, 0.2) is 60.7 Å². The van der Waals surface area contributed by atoms with E-state index in [0.29, 0.717) is 11.3 Å². The first-order valence-corrected chi connectivity index (χ1v) is 7.85. The number of anilines is 2. The number of rotatable bonds is 4. The Labute approximate surface area is 140 Å². The summed E-state index contributed by atoms with van der Waals surface area (Å²) >= 11 is 0. The summed E-state index contributed by atoms with van der Waals surface area (Å²) in [6, 6.07) is 18.1. The fourth-order valence-electron chi connectivity index (χ4n) is 2.52. The Morgan fingerprint density at radius 3 is 2.42 bits per heavy atom. The molecule has 0 aromatic heterocycles. The first-order valence-electron chi connectivity index (χ1n) is 7.85. The van der Waals surface area contributed by atoms with Crippen LogP contribution in [0.3, 0.4) is 0 Å². The molecule has 0 unspecified atom stereocenters. The second-order valence-corrected chi connectivity index (χ2v) is 5.88. The summed E-state index contributed by atoms with van der Waals surface area (Å²) in [5.74, 6) is -0.464. The fourth-order valence-corrected chi connectivity index (χ4v) is 2.52. The number of amides is 1. The van der Waals surface area contributed by atoms with Gasteiger partial charge in [-0.1, -0.05) is 36.4 Å². The van der Waals surface area contributed by atoms with Gasteiger partial charge in [-0.3, -0.25) is 4.79 Å². The summed E-state index contributed by atoms with van der Waals surface area (Å²) in [7, 11) is 0. The molecule has 24 heavy (non-hydrogen) atoms. The van der Waals surface area contributed by atoms with E-state index in [4.69, 9.17) is 0 Å². The summed E-state index contributed by atoms with van der Waals surface area (Å²) in [5, 5.41) is 8.09. The number of fused-ring (bicyclic) bond motifs is 1. The van der Waals surface area contributed by atoms with Gasteiger partial charge >= 0.3 is 0 Å². The molecule has 3 rings (SSSR count). The van der Waals surface area contributed by atoms with Crippen LogP contribution in [0.4, 0.5) is 15.8 Å². The Hall–Kier alpha value is -2.88. The Balaban J connectivity index is 1.69. The molecule has 3 aromatic rings. The molecule has 0 radical (unpaired) electrons. The first kappa shape index (κ1) is 16.0. The van der Waals surface area contributed by atoms with E-state index in [9.17, 15) is 9.18 Å². The average Bonchev–Trinajstić information content (AvgIpc) is 2.58. The molecular weight excluding hydrogens is 303 g/mol. The van der Waals surface area contributed by atoms with E-state index in [1.165, 1.54) is 6.07 Å². The molecule has 0 saturated carbocycles. The predicted molar refractivity (Wildman–Crippen MR) is 96.8 cm³/mol. The third-order valence-corrected chi connectivity index (χ3v) is 3.97. The van der Waals surface area contributed by atoms with Gasteiger partial charge < -0.3 is 10.6 Å². The number of carbonyl (C=O) groups excluding carboxylic acids is 1. The van der Waals surface area contributed by atoms with Gasteiger partial charge in [0.1, 0.15) is 11.9 Å². The normalized spacial score (nSPS) is 12.0. The van der Waals surface area contributed by atoms with Crippen LogP contribution in [0.25, 0.3) is 10.8 Å². The lowest BCUT2D eigenvalue weighted by atomic mass is 10.1. The highest BCUT2D eigenvalue weighted by molar-refractivity contribution is 5.98. The van der Waals surface area contributed by atoms with Crippen LogP contribution in [0.5, 0.6) is 0 Å². The SMILES string of the molecule is Cc1ccc(N[C@H](C)C(=O)Nc2ccc3ccccc3c2)cc1F. The summed E-state index contributed by atoms with van der Waals surface area (Å²) < 4.78 is 13.6. The number of hydrogen-bond donors (Lipinski definition) is 2. The highest BCUT2D eigenvalue weighted by Crippen LogP contribution is 2.19. The van der Waals surface area contributed by atoms with Crippen molar-refractivity contribution in [2.24, 2.45) is 0 Å². The molecule has 0 saturated heterocycles. The predicted octanol–water partition coefficient (Wildman–Crippen LogP) is 4.73. The van der Waals surface area contributed by atoms with Gasteiger partial charge in [0.2, 0.25) is 5.91 Å². The van der Waals surface area contributed by atoms with Gasteiger partial charge in [0.05, 0.1) is 0 Å². The zero-order valence-corrected chi connectivity index (χ0v) is 13.6. The lowest BCUT2D eigenvalue weighted by molar-refractivity contribution is -0.116. The standard InChI is InChI=1S/C20H19FN2O/c1-13-7-9-18(12-19(13)21)22-14(2)20(24)23-17-10-8-15-5-3-4-6-16(15)11-17/h3-12,14,22H,1-2H3,(H,23,24)/t14-/m1/s1. The molecule has 3 nitrogen and oxygen atoms in total. The number of halogens is 1. The largest absolute Gasteiger partial charge is 0.374 e. The average molecular weight is 322 g/mol. The highest BCUT2D eigenvalue weighted by Gasteiger charge is 2.13. The molecule has 0 heterocycles. The van der Waals surface area contributed by atoms with Gasteiger partial charge in [-0.05, 0) is 54.4 Å². The maximum absolute atomic E-state index is 13.6. The van der Waals surface area contributed by atoms with Crippen LogP contribution in [-0.4, -0.2) is 11.9 Å². The van der Waals surface area contributed by atoms with Gasteiger partial charge in [0, 0.05) is 11.4 Å². The van der Waals surface area contributed by atoms with Crippen LogP contribution in [-0.2, 0) is 4.79 Å². The smallest absolute Gasteiger partial charge is 0.246 e. The Bertz CT molecular complexity index is 892. The molecule has 4 heteroatoms. The van der Waals surface area contributed by atoms with Gasteiger partial charge in [0.15, 0.2) is 0 Å². The molecule has 0 bridgehead atoms. The molecule has 0 aliphatic carbocycles. The molecule has 0 aliphatic rings. The van der Waals surface area contributed by atoms with Gasteiger partial charge in [-0.15, -0.1) is 0 Å². The van der Waals surface area contributed by atoms with Crippen molar-refractivity contribution in [2.45, 2.75) is 19.9 Å². The Morgan fingerprint density at radius 2 is 1.67 bits per heavy atom. The van der Waals surface area contributed by atoms with Crippen LogP contribution in [0.1, 0.15) is 12.5 Å². The van der Waals surface area contributed by atoms with Crippen molar-refractivity contribution in [3.63, 3.8) is 0 Å². The topological polar surface area (TPSA) is 41.1 Å². The van der Waals surface area contributed by atoms with Gasteiger partial charge in [-0.25, -0.2) is 4.39 Å². The minimum Gasteiger partial charge on any atom is -0.374 e. The number of hydrogen-bond acceptors (Lipinski definition) is 2. The molecule has 2 N–H and O–H groups in total. The summed E-state index contributed by atoms with van der Waals surface area (Å²) in [4.78, 5) is 12.3. The van der Waals surface area contributed by atoms with E-state index in [-0.39, 0.29) is 11.7 Å². The molecule has 0 spiro atoms. The molecule has 122 valence electrons. The van der Waals surface area contributed by atoms with Crippen LogP contribution >= 0.6 is 0 Å². The molecule has 3 aromatic carbocycles. The van der Waals surface area contributed by atoms with E-state index in [1.807, 2.05) is 42.5 Å². The second-order valence-electron chi connectivity index (χ2n) is 5.88. The number of aryl methyl sites for hydroxylation is 1. The molecular formula is C20H19FN2O. The quantitative estimate of drug-likeness (QED) is 0.729. The number of nitrogens with one attached hydrogen (secondary N) is 2. The molecule has 0 aliphatic heterocycles. The van der Waals surface area contributed by atoms with Gasteiger partial charge in [0.25, 0.3) is 0 Å². The van der Waals surface area contributed by atoms with Crippen LogP contribution in [0, 0.1) is 12.7 Å². The number of benzene rings is 3. The van der Waals surface area contributed by atoms with Crippen molar-refractivity contribution >= 4 is 28.1 Å². The third-order valence-electron chi connectivity index (χ3n) is 3.97. The minimum atomic E-state index is -0.487. The van der Waals surface area contributed by atoms with Gasteiger partial charge in [-0.2, -0.15) is 0 Å². The maximum Gasteiger partial charge on any atom is 0.246 e. The summed E-state index contributed by atoms with van der Waals surface area (Å²) in [6.07, 6.45) is 0. The Morgan fingerprint density at radius 1 is 0.958 bits per heavy atom. The maximum atomic E-state index is 13.6. The van der Waals surface area contributed by atoms with E-state index in [2.05, 4.69) is 10.6 Å². The van der Waals surface area contributed by atoms with Crippen molar-refractivity contribution in [3.05, 3.63) is 72.0 Å². The molecule has 0 fully saturated rings. The van der Waals surface area contributed by atoms with Crippen molar-refractivity contribution < 1.29 is 9.18 Å². The zero-order valence-electron chi connectivity index (χ0n) is 13.6. The van der Waals surface area contributed by atoms with E-state index in [0.717, 1.165) is 16.5 Å². The molecule has 1 amide bonds. The summed E-state index contributed by atoms with van der Waals surface area (Å²) in [5.41, 5.74) is 1.90. The third kappa shape index (κ3) is 3.54. The first-order chi connectivity index (χ1) is 11.5. The monoisotopic (exact) mass is 322 g/mol. The Kier molecular flexibility index (Phi) is 4.47. The summed E-state index contributed by atoms with van der Waals surface area (Å²) in [6.45, 7) is 3.45. The second kappa shape index (κ2) is 6.71. The zero-order chi connectivity index (χ0) is 17.1. The fraction of sp³-hybridized carbons (Fsp3) is 0.150. The van der Waals surface area contributed by atoms with Crippen LogP contribution in [0.2, 0.25) is 0 Å². The lowest BCUT2D eigenvalue weighted by Crippen LogP contribution is -2.31. The highest BCUT2D eigenvalue weighted by atomic mass is 19.1. The lowest BCUT2D eigenvalue weighted by Gasteiger charge is -2.16. The van der Waals surface area contributed by atoms with Crippen molar-refractivity contribution in [1.29, 1.82) is 0 Å². The van der Waals surface area contributed by atoms with Crippen molar-refractivity contribution in [1.82, 2.24) is 0 Å².